The molecule has 2 aromatic heterocycles. The van der Waals surface area contributed by atoms with Gasteiger partial charge in [-0.3, -0.25) is 4.90 Å². The zero-order valence-corrected chi connectivity index (χ0v) is 19.6. The van der Waals surface area contributed by atoms with Gasteiger partial charge in [-0.15, -0.1) is 11.3 Å². The monoisotopic (exact) mass is 434 g/mol. The van der Waals surface area contributed by atoms with Crippen LogP contribution in [-0.4, -0.2) is 47.3 Å². The van der Waals surface area contributed by atoms with Gasteiger partial charge in [-0.05, 0) is 62.9 Å². The number of imidazole rings is 1. The van der Waals surface area contributed by atoms with Gasteiger partial charge in [0.1, 0.15) is 5.82 Å². The second-order valence-corrected chi connectivity index (χ2v) is 10.9. The van der Waals surface area contributed by atoms with E-state index in [1.54, 1.807) is 37.6 Å². The minimum Gasteiger partial charge on any atom is -0.327 e. The lowest BCUT2D eigenvalue weighted by molar-refractivity contribution is 0.198. The van der Waals surface area contributed by atoms with E-state index in [2.05, 4.69) is 48.6 Å². The van der Waals surface area contributed by atoms with Crippen LogP contribution >= 0.6 is 11.3 Å². The molecule has 0 aliphatic heterocycles. The van der Waals surface area contributed by atoms with Crippen LogP contribution in [0.3, 0.4) is 0 Å². The Hall–Kier alpha value is -1.74. The normalized spacial score (nSPS) is 12.7. The number of fused-ring (bicyclic) bond motifs is 1. The van der Waals surface area contributed by atoms with E-state index in [9.17, 15) is 8.42 Å². The summed E-state index contributed by atoms with van der Waals surface area (Å²) in [6, 6.07) is 7.75. The fourth-order valence-corrected chi connectivity index (χ4v) is 5.21. The van der Waals surface area contributed by atoms with Gasteiger partial charge in [0.25, 0.3) is 0 Å². The molecular weight excluding hydrogens is 404 g/mol. The second-order valence-electron chi connectivity index (χ2n) is 7.74. The molecular formula is C21H30N4O2S2. The molecule has 2 heterocycles. The van der Waals surface area contributed by atoms with E-state index >= 15 is 0 Å². The maximum Gasteiger partial charge on any atom is 0.242 e. The number of hydrogen-bond acceptors (Lipinski definition) is 5. The topological polar surface area (TPSA) is 58.4 Å². The van der Waals surface area contributed by atoms with Gasteiger partial charge in [0.05, 0.1) is 22.5 Å². The van der Waals surface area contributed by atoms with Crippen LogP contribution in [0.5, 0.6) is 0 Å². The molecule has 0 unspecified atom stereocenters. The highest BCUT2D eigenvalue weighted by Crippen LogP contribution is 2.25. The highest BCUT2D eigenvalue weighted by Gasteiger charge is 2.21. The van der Waals surface area contributed by atoms with Crippen LogP contribution in [0.15, 0.2) is 34.5 Å². The number of benzene rings is 1. The number of aromatic nitrogens is 2. The third kappa shape index (κ3) is 4.40. The van der Waals surface area contributed by atoms with Crippen molar-refractivity contribution in [2.24, 2.45) is 0 Å². The van der Waals surface area contributed by atoms with E-state index in [0.29, 0.717) is 12.6 Å². The van der Waals surface area contributed by atoms with Crippen LogP contribution in [0.25, 0.3) is 11.0 Å². The van der Waals surface area contributed by atoms with Crippen molar-refractivity contribution in [2.45, 2.75) is 58.3 Å². The highest BCUT2D eigenvalue weighted by molar-refractivity contribution is 7.89. The Morgan fingerprint density at radius 3 is 2.45 bits per heavy atom. The van der Waals surface area contributed by atoms with Crippen molar-refractivity contribution < 1.29 is 8.42 Å². The lowest BCUT2D eigenvalue weighted by Gasteiger charge is -2.26. The first-order valence-electron chi connectivity index (χ1n) is 9.83. The summed E-state index contributed by atoms with van der Waals surface area (Å²) in [5, 5.41) is 2.14. The van der Waals surface area contributed by atoms with E-state index in [-0.39, 0.29) is 4.90 Å². The van der Waals surface area contributed by atoms with Crippen LogP contribution in [0, 0.1) is 6.92 Å². The molecule has 0 bridgehead atoms. The largest absolute Gasteiger partial charge is 0.327 e. The standard InChI is InChI=1S/C21H30N4O2S2/c1-7-25-19-9-8-17(29(26,27)23(5)6)12-18(19)22-21(25)14-24(15(2)3)13-20-16(4)10-11-28-20/h8-12,15H,7,13-14H2,1-6H3. The fourth-order valence-electron chi connectivity index (χ4n) is 3.36. The molecule has 0 radical (unpaired) electrons. The summed E-state index contributed by atoms with van der Waals surface area (Å²) < 4.78 is 28.4. The number of hydrogen-bond donors (Lipinski definition) is 0. The Bertz CT molecular complexity index is 1100. The first-order valence-corrected chi connectivity index (χ1v) is 12.2. The van der Waals surface area contributed by atoms with E-state index in [4.69, 9.17) is 4.98 Å². The summed E-state index contributed by atoms with van der Waals surface area (Å²) in [4.78, 5) is 8.89. The lowest BCUT2D eigenvalue weighted by atomic mass is 10.2. The molecule has 3 aromatic rings. The van der Waals surface area contributed by atoms with Crippen molar-refractivity contribution in [1.82, 2.24) is 18.8 Å². The SMILES string of the molecule is CCn1c(CN(Cc2sccc2C)C(C)C)nc2cc(S(=O)(=O)N(C)C)ccc21. The Morgan fingerprint density at radius 2 is 1.90 bits per heavy atom. The average molecular weight is 435 g/mol. The van der Waals surface area contributed by atoms with Crippen molar-refractivity contribution >= 4 is 32.4 Å². The molecule has 3 rings (SSSR count). The third-order valence-corrected chi connectivity index (χ3v) is 8.10. The fraction of sp³-hybridized carbons (Fsp3) is 0.476. The van der Waals surface area contributed by atoms with Gasteiger partial charge in [-0.1, -0.05) is 0 Å². The Kier molecular flexibility index (Phi) is 6.48. The molecule has 158 valence electrons. The molecule has 29 heavy (non-hydrogen) atoms. The number of thiophene rings is 1. The molecule has 6 nitrogen and oxygen atoms in total. The molecule has 0 saturated carbocycles. The van der Waals surface area contributed by atoms with Gasteiger partial charge < -0.3 is 4.57 Å². The maximum absolute atomic E-state index is 12.5. The quantitative estimate of drug-likeness (QED) is 0.536. The van der Waals surface area contributed by atoms with E-state index in [1.807, 2.05) is 6.07 Å². The summed E-state index contributed by atoms with van der Waals surface area (Å²) >= 11 is 1.79. The van der Waals surface area contributed by atoms with Crippen molar-refractivity contribution in [3.63, 3.8) is 0 Å². The molecule has 1 aromatic carbocycles. The number of sulfonamides is 1. The third-order valence-electron chi connectivity index (χ3n) is 5.28. The number of rotatable bonds is 8. The minimum atomic E-state index is -3.48. The van der Waals surface area contributed by atoms with Crippen molar-refractivity contribution in [3.8, 4) is 0 Å². The first kappa shape index (κ1) is 22.0. The minimum absolute atomic E-state index is 0.275. The molecule has 0 fully saturated rings. The predicted molar refractivity (Wildman–Crippen MR) is 120 cm³/mol. The summed E-state index contributed by atoms with van der Waals surface area (Å²) in [6.07, 6.45) is 0. The van der Waals surface area contributed by atoms with Gasteiger partial charge >= 0.3 is 0 Å². The van der Waals surface area contributed by atoms with Gasteiger partial charge in [-0.2, -0.15) is 0 Å². The highest BCUT2D eigenvalue weighted by atomic mass is 32.2. The van der Waals surface area contributed by atoms with Gasteiger partial charge in [-0.25, -0.2) is 17.7 Å². The Balaban J connectivity index is 1.98. The second kappa shape index (κ2) is 8.55. The van der Waals surface area contributed by atoms with Crippen LogP contribution in [-0.2, 0) is 29.7 Å². The molecule has 0 aliphatic carbocycles. The number of nitrogens with zero attached hydrogens (tertiary/aromatic N) is 4. The van der Waals surface area contributed by atoms with Crippen LogP contribution < -0.4 is 0 Å². The summed E-state index contributed by atoms with van der Waals surface area (Å²) in [6.45, 7) is 11.0. The average Bonchev–Trinajstić information content (AvgIpc) is 3.22. The Morgan fingerprint density at radius 1 is 1.17 bits per heavy atom. The molecule has 0 amide bonds. The van der Waals surface area contributed by atoms with E-state index < -0.39 is 10.0 Å². The zero-order chi connectivity index (χ0) is 21.3. The maximum atomic E-state index is 12.5. The van der Waals surface area contributed by atoms with Crippen LogP contribution in [0.2, 0.25) is 0 Å². The first-order chi connectivity index (χ1) is 13.6. The molecule has 0 atom stereocenters. The molecule has 0 N–H and O–H groups in total. The van der Waals surface area contributed by atoms with Gasteiger partial charge in [0, 0.05) is 38.1 Å². The van der Waals surface area contributed by atoms with Gasteiger partial charge in [0.2, 0.25) is 10.0 Å². The summed E-state index contributed by atoms with van der Waals surface area (Å²) in [7, 11) is -0.391. The zero-order valence-electron chi connectivity index (χ0n) is 18.0. The van der Waals surface area contributed by atoms with Crippen LogP contribution in [0.1, 0.15) is 37.0 Å². The van der Waals surface area contributed by atoms with Crippen molar-refractivity contribution in [1.29, 1.82) is 0 Å². The van der Waals surface area contributed by atoms with E-state index in [1.165, 1.54) is 14.7 Å². The van der Waals surface area contributed by atoms with Gasteiger partial charge in [0.15, 0.2) is 0 Å². The molecule has 0 aliphatic rings. The number of aryl methyl sites for hydroxylation is 2. The van der Waals surface area contributed by atoms with Crippen molar-refractivity contribution in [2.75, 3.05) is 14.1 Å². The molecule has 8 heteroatoms. The molecule has 0 spiro atoms. The van der Waals surface area contributed by atoms with Crippen molar-refractivity contribution in [3.05, 3.63) is 45.9 Å². The summed E-state index contributed by atoms with van der Waals surface area (Å²) in [5.74, 6) is 0.963. The van der Waals surface area contributed by atoms with E-state index in [0.717, 1.165) is 29.9 Å². The molecule has 0 saturated heterocycles. The predicted octanol–water partition coefficient (Wildman–Crippen LogP) is 4.09. The summed E-state index contributed by atoms with van der Waals surface area (Å²) in [5.41, 5.74) is 3.01. The van der Waals surface area contributed by atoms with Crippen LogP contribution in [0.4, 0.5) is 0 Å². The smallest absolute Gasteiger partial charge is 0.242 e. The lowest BCUT2D eigenvalue weighted by Crippen LogP contribution is -2.31. The Labute approximate surface area is 177 Å².